The standard InChI is InChI=1S/C6H12O3.C5H10O3/c1-3-8-4-5-9-6(2)7;1-3-8-5(7)4(2)6/h3-5H2,1-2H3;4,6H,3H2,1-2H3. The fraction of sp³-hybridized carbons (Fsp3) is 0.818. The molecule has 0 aromatic heterocycles. The van der Waals surface area contributed by atoms with Crippen molar-refractivity contribution in [3.05, 3.63) is 0 Å². The zero-order valence-electron chi connectivity index (χ0n) is 10.9. The Kier molecular flexibility index (Phi) is 13.9. The van der Waals surface area contributed by atoms with Crippen LogP contribution in [0.4, 0.5) is 0 Å². The number of esters is 2. The summed E-state index contributed by atoms with van der Waals surface area (Å²) in [5.74, 6) is -0.817. The number of carbonyl (C=O) groups excluding carboxylic acids is 2. The van der Waals surface area contributed by atoms with E-state index in [2.05, 4.69) is 9.47 Å². The molecule has 0 radical (unpaired) electrons. The first kappa shape index (κ1) is 18.2. The van der Waals surface area contributed by atoms with Crippen LogP contribution in [0.15, 0.2) is 0 Å². The first-order chi connectivity index (χ1) is 7.95. The summed E-state index contributed by atoms with van der Waals surface area (Å²) in [6, 6.07) is 0. The van der Waals surface area contributed by atoms with Crippen molar-refractivity contribution in [2.24, 2.45) is 0 Å². The lowest BCUT2D eigenvalue weighted by molar-refractivity contribution is -0.151. The van der Waals surface area contributed by atoms with E-state index >= 15 is 0 Å². The quantitative estimate of drug-likeness (QED) is 0.546. The van der Waals surface area contributed by atoms with Gasteiger partial charge in [0.15, 0.2) is 0 Å². The van der Waals surface area contributed by atoms with Crippen molar-refractivity contribution < 1.29 is 28.9 Å². The van der Waals surface area contributed by atoms with Gasteiger partial charge in [0.1, 0.15) is 12.7 Å². The van der Waals surface area contributed by atoms with Gasteiger partial charge in [0.05, 0.1) is 13.2 Å². The molecule has 0 rings (SSSR count). The summed E-state index contributed by atoms with van der Waals surface area (Å²) in [6.45, 7) is 8.20. The lowest BCUT2D eigenvalue weighted by Crippen LogP contribution is -2.18. The lowest BCUT2D eigenvalue weighted by atomic mass is 10.4. The highest BCUT2D eigenvalue weighted by Gasteiger charge is 2.07. The minimum absolute atomic E-state index is 0.255. The highest BCUT2D eigenvalue weighted by molar-refractivity contribution is 5.73. The summed E-state index contributed by atoms with van der Waals surface area (Å²) in [5, 5.41) is 8.48. The first-order valence-electron chi connectivity index (χ1n) is 5.51. The second-order valence-corrected chi connectivity index (χ2v) is 2.96. The number of aliphatic hydroxyl groups is 1. The summed E-state index contributed by atoms with van der Waals surface area (Å²) in [7, 11) is 0. The van der Waals surface area contributed by atoms with E-state index in [9.17, 15) is 9.59 Å². The van der Waals surface area contributed by atoms with Crippen molar-refractivity contribution in [3.63, 3.8) is 0 Å². The average Bonchev–Trinajstić information content (AvgIpc) is 2.25. The molecule has 17 heavy (non-hydrogen) atoms. The van der Waals surface area contributed by atoms with Crippen LogP contribution in [0, 0.1) is 0 Å². The fourth-order valence-electron chi connectivity index (χ4n) is 0.652. The maximum Gasteiger partial charge on any atom is 0.334 e. The minimum Gasteiger partial charge on any atom is -0.464 e. The van der Waals surface area contributed by atoms with Crippen LogP contribution < -0.4 is 0 Å². The fourth-order valence-corrected chi connectivity index (χ4v) is 0.652. The van der Waals surface area contributed by atoms with Crippen LogP contribution in [0.25, 0.3) is 0 Å². The first-order valence-corrected chi connectivity index (χ1v) is 5.51. The van der Waals surface area contributed by atoms with E-state index in [1.165, 1.54) is 13.8 Å². The van der Waals surface area contributed by atoms with Crippen LogP contribution in [0.3, 0.4) is 0 Å². The molecule has 0 aliphatic rings. The van der Waals surface area contributed by atoms with Crippen LogP contribution in [0.1, 0.15) is 27.7 Å². The van der Waals surface area contributed by atoms with E-state index in [-0.39, 0.29) is 5.97 Å². The normalized spacial score (nSPS) is 10.9. The number of carbonyl (C=O) groups is 2. The van der Waals surface area contributed by atoms with Gasteiger partial charge in [-0.1, -0.05) is 0 Å². The van der Waals surface area contributed by atoms with Gasteiger partial charge >= 0.3 is 11.9 Å². The van der Waals surface area contributed by atoms with Gasteiger partial charge in [-0.15, -0.1) is 0 Å². The molecule has 0 spiro atoms. The van der Waals surface area contributed by atoms with Crippen LogP contribution in [-0.4, -0.2) is 49.6 Å². The van der Waals surface area contributed by atoms with Crippen LogP contribution >= 0.6 is 0 Å². The molecule has 6 nitrogen and oxygen atoms in total. The van der Waals surface area contributed by atoms with Crippen molar-refractivity contribution in [2.45, 2.75) is 33.8 Å². The van der Waals surface area contributed by atoms with E-state index < -0.39 is 12.1 Å². The Morgan fingerprint density at radius 2 is 1.71 bits per heavy atom. The largest absolute Gasteiger partial charge is 0.464 e. The second kappa shape index (κ2) is 12.9. The third kappa shape index (κ3) is 17.5. The van der Waals surface area contributed by atoms with E-state index in [4.69, 9.17) is 9.84 Å². The zero-order chi connectivity index (χ0) is 13.7. The summed E-state index contributed by atoms with van der Waals surface area (Å²) in [5.41, 5.74) is 0. The molecule has 0 saturated heterocycles. The maximum atomic E-state index is 10.3. The third-order valence-electron chi connectivity index (χ3n) is 1.36. The molecule has 0 aromatic carbocycles. The number of hydrogen-bond acceptors (Lipinski definition) is 6. The molecule has 0 fully saturated rings. The predicted octanol–water partition coefficient (Wildman–Crippen LogP) is 0.516. The Morgan fingerprint density at radius 3 is 2.00 bits per heavy atom. The number of aliphatic hydroxyl groups excluding tert-OH is 1. The second-order valence-electron chi connectivity index (χ2n) is 2.96. The molecular formula is C11H22O6. The van der Waals surface area contributed by atoms with Gasteiger partial charge in [-0.3, -0.25) is 4.79 Å². The topological polar surface area (TPSA) is 82.1 Å². The maximum absolute atomic E-state index is 10.3. The highest BCUT2D eigenvalue weighted by atomic mass is 16.6. The van der Waals surface area contributed by atoms with Crippen molar-refractivity contribution >= 4 is 11.9 Å². The Balaban J connectivity index is 0. The zero-order valence-corrected chi connectivity index (χ0v) is 10.9. The van der Waals surface area contributed by atoms with E-state index in [0.29, 0.717) is 26.4 Å². The highest BCUT2D eigenvalue weighted by Crippen LogP contribution is 1.84. The Morgan fingerprint density at radius 1 is 1.12 bits per heavy atom. The van der Waals surface area contributed by atoms with Crippen molar-refractivity contribution in [1.29, 1.82) is 0 Å². The average molecular weight is 250 g/mol. The SMILES string of the molecule is CCOC(=O)C(C)O.CCOCCOC(C)=O. The van der Waals surface area contributed by atoms with E-state index in [1.54, 1.807) is 6.92 Å². The van der Waals surface area contributed by atoms with Gasteiger partial charge in [0.25, 0.3) is 0 Å². The van der Waals surface area contributed by atoms with Gasteiger partial charge in [0.2, 0.25) is 0 Å². The molecule has 0 amide bonds. The smallest absolute Gasteiger partial charge is 0.334 e. The summed E-state index contributed by atoms with van der Waals surface area (Å²) < 4.78 is 13.9. The van der Waals surface area contributed by atoms with Crippen LogP contribution in [0.2, 0.25) is 0 Å². The van der Waals surface area contributed by atoms with Gasteiger partial charge in [-0.2, -0.15) is 0 Å². The Hall–Kier alpha value is -1.14. The Bertz CT molecular complexity index is 202. The van der Waals surface area contributed by atoms with Gasteiger partial charge < -0.3 is 19.3 Å². The molecule has 0 aromatic rings. The monoisotopic (exact) mass is 250 g/mol. The molecule has 0 saturated carbocycles. The molecule has 1 N–H and O–H groups in total. The van der Waals surface area contributed by atoms with Crippen molar-refractivity contribution in [1.82, 2.24) is 0 Å². The summed E-state index contributed by atoms with van der Waals surface area (Å²) >= 11 is 0. The molecule has 1 atom stereocenters. The molecule has 102 valence electrons. The van der Waals surface area contributed by atoms with Crippen molar-refractivity contribution in [3.8, 4) is 0 Å². The molecule has 0 heterocycles. The molecular weight excluding hydrogens is 228 g/mol. The summed E-state index contributed by atoms with van der Waals surface area (Å²) in [6.07, 6.45) is -0.991. The molecule has 0 aliphatic carbocycles. The number of rotatable bonds is 6. The van der Waals surface area contributed by atoms with Crippen molar-refractivity contribution in [2.75, 3.05) is 26.4 Å². The molecule has 0 aliphatic heterocycles. The van der Waals surface area contributed by atoms with Gasteiger partial charge in [0, 0.05) is 13.5 Å². The minimum atomic E-state index is -0.991. The number of ether oxygens (including phenoxy) is 3. The lowest BCUT2D eigenvalue weighted by Gasteiger charge is -2.01. The van der Waals surface area contributed by atoms with E-state index in [0.717, 1.165) is 0 Å². The van der Waals surface area contributed by atoms with E-state index in [1.807, 2.05) is 6.92 Å². The predicted molar refractivity (Wildman–Crippen MR) is 61.4 cm³/mol. The third-order valence-corrected chi connectivity index (χ3v) is 1.36. The van der Waals surface area contributed by atoms with Gasteiger partial charge in [-0.25, -0.2) is 4.79 Å². The van der Waals surface area contributed by atoms with Crippen LogP contribution in [-0.2, 0) is 23.8 Å². The number of hydrogen-bond donors (Lipinski definition) is 1. The van der Waals surface area contributed by atoms with Crippen LogP contribution in [0.5, 0.6) is 0 Å². The molecule has 0 bridgehead atoms. The van der Waals surface area contributed by atoms with Gasteiger partial charge in [-0.05, 0) is 20.8 Å². The molecule has 1 unspecified atom stereocenters. The Labute approximate surface area is 102 Å². The molecule has 6 heteroatoms. The summed E-state index contributed by atoms with van der Waals surface area (Å²) in [4.78, 5) is 20.4.